The van der Waals surface area contributed by atoms with Gasteiger partial charge >= 0.3 is 0 Å². The van der Waals surface area contributed by atoms with Crippen molar-refractivity contribution in [1.29, 1.82) is 0 Å². The van der Waals surface area contributed by atoms with Crippen LogP contribution in [0.2, 0.25) is 0 Å². The Morgan fingerprint density at radius 2 is 2.00 bits per heavy atom. The zero-order chi connectivity index (χ0) is 19.2. The van der Waals surface area contributed by atoms with Crippen LogP contribution in [0.4, 0.5) is 14.6 Å². The van der Waals surface area contributed by atoms with E-state index in [0.29, 0.717) is 0 Å². The zero-order valence-electron chi connectivity index (χ0n) is 14.8. The number of alkyl halides is 2. The molecule has 0 bridgehead atoms. The molecule has 1 saturated carbocycles. The lowest BCUT2D eigenvalue weighted by molar-refractivity contribution is -0.122. The van der Waals surface area contributed by atoms with Crippen LogP contribution in [0.5, 0.6) is 0 Å². The van der Waals surface area contributed by atoms with Crippen LogP contribution in [0.3, 0.4) is 0 Å². The van der Waals surface area contributed by atoms with Crippen molar-refractivity contribution >= 4 is 17.6 Å². The molecule has 2 N–H and O–H groups in total. The summed E-state index contributed by atoms with van der Waals surface area (Å²) < 4.78 is 27.1. The van der Waals surface area contributed by atoms with Crippen molar-refractivity contribution < 1.29 is 18.4 Å². The van der Waals surface area contributed by atoms with E-state index >= 15 is 0 Å². The maximum atomic E-state index is 12.3. The topological polar surface area (TPSA) is 93.8 Å². The second kappa shape index (κ2) is 8.74. The van der Waals surface area contributed by atoms with Crippen molar-refractivity contribution in [1.82, 2.24) is 24.9 Å². The zero-order valence-corrected chi connectivity index (χ0v) is 14.8. The van der Waals surface area contributed by atoms with Gasteiger partial charge in [-0.1, -0.05) is 19.3 Å². The normalized spacial score (nSPS) is 15.1. The smallest absolute Gasteiger partial charge is 0.260 e. The third-order valence-corrected chi connectivity index (χ3v) is 4.38. The summed E-state index contributed by atoms with van der Waals surface area (Å²) in [7, 11) is 0. The number of rotatable bonds is 7. The molecule has 2 amide bonds. The number of anilines is 1. The number of aromatic nitrogens is 4. The fourth-order valence-corrected chi connectivity index (χ4v) is 3.09. The molecule has 146 valence electrons. The van der Waals surface area contributed by atoms with Gasteiger partial charge in [0.05, 0.1) is 11.8 Å². The molecule has 3 rings (SSSR count). The molecule has 0 aromatic carbocycles. The third kappa shape index (κ3) is 5.60. The van der Waals surface area contributed by atoms with E-state index in [-0.39, 0.29) is 29.9 Å². The van der Waals surface area contributed by atoms with Gasteiger partial charge in [0.15, 0.2) is 5.82 Å². The summed E-state index contributed by atoms with van der Waals surface area (Å²) >= 11 is 0. The lowest BCUT2D eigenvalue weighted by Gasteiger charge is -2.22. The molecular formula is C17H22F2N6O2. The summed E-state index contributed by atoms with van der Waals surface area (Å²) in [6, 6.07) is 1.65. The third-order valence-electron chi connectivity index (χ3n) is 4.38. The number of nitrogens with one attached hydrogen (secondary N) is 2. The van der Waals surface area contributed by atoms with Gasteiger partial charge in [0.1, 0.15) is 13.1 Å². The Kier molecular flexibility index (Phi) is 6.15. The maximum absolute atomic E-state index is 12.3. The van der Waals surface area contributed by atoms with E-state index in [2.05, 4.69) is 20.8 Å². The van der Waals surface area contributed by atoms with Crippen molar-refractivity contribution in [2.24, 2.45) is 0 Å². The Hall–Kier alpha value is -2.78. The number of carbonyl (C=O) groups excluding carboxylic acids is 2. The van der Waals surface area contributed by atoms with E-state index in [1.54, 1.807) is 0 Å². The lowest BCUT2D eigenvalue weighted by Crippen LogP contribution is -2.38. The van der Waals surface area contributed by atoms with Gasteiger partial charge in [0, 0.05) is 24.5 Å². The molecule has 0 aliphatic heterocycles. The number of nitrogens with zero attached hydrogens (tertiary/aromatic N) is 4. The Morgan fingerprint density at radius 1 is 1.22 bits per heavy atom. The highest BCUT2D eigenvalue weighted by Crippen LogP contribution is 2.17. The van der Waals surface area contributed by atoms with E-state index < -0.39 is 18.9 Å². The van der Waals surface area contributed by atoms with Crippen LogP contribution in [0, 0.1) is 0 Å². The molecule has 8 nitrogen and oxygen atoms in total. The van der Waals surface area contributed by atoms with Crippen LogP contribution in [0.1, 0.15) is 42.5 Å². The molecule has 0 saturated heterocycles. The van der Waals surface area contributed by atoms with Crippen LogP contribution < -0.4 is 10.6 Å². The van der Waals surface area contributed by atoms with Crippen LogP contribution in [-0.2, 0) is 17.9 Å². The Bertz CT molecular complexity index is 782. The van der Waals surface area contributed by atoms with E-state index in [4.69, 9.17) is 0 Å². The van der Waals surface area contributed by atoms with Gasteiger partial charge in [-0.15, -0.1) is 0 Å². The second-order valence-electron chi connectivity index (χ2n) is 6.60. The van der Waals surface area contributed by atoms with Crippen LogP contribution in [0.25, 0.3) is 0 Å². The molecule has 0 atom stereocenters. The first-order valence-electron chi connectivity index (χ1n) is 8.94. The maximum Gasteiger partial charge on any atom is 0.260 e. The van der Waals surface area contributed by atoms with E-state index in [9.17, 15) is 18.4 Å². The quantitative estimate of drug-likeness (QED) is 0.769. The van der Waals surface area contributed by atoms with Crippen molar-refractivity contribution in [3.05, 3.63) is 30.2 Å². The average Bonchev–Trinajstić information content (AvgIpc) is 3.25. The van der Waals surface area contributed by atoms with Crippen molar-refractivity contribution in [3.63, 3.8) is 0 Å². The Labute approximate surface area is 154 Å². The highest BCUT2D eigenvalue weighted by molar-refractivity contribution is 6.03. The average molecular weight is 380 g/mol. The Balaban J connectivity index is 1.51. The Morgan fingerprint density at radius 3 is 2.74 bits per heavy atom. The second-order valence-corrected chi connectivity index (χ2v) is 6.60. The summed E-state index contributed by atoms with van der Waals surface area (Å²) in [6.07, 6.45) is 7.12. The summed E-state index contributed by atoms with van der Waals surface area (Å²) in [5, 5.41) is 13.4. The molecule has 10 heteroatoms. The summed E-state index contributed by atoms with van der Waals surface area (Å²) in [6.45, 7) is -0.503. The molecule has 2 aromatic heterocycles. The predicted octanol–water partition coefficient (Wildman–Crippen LogP) is 2.05. The molecule has 0 radical (unpaired) electrons. The van der Waals surface area contributed by atoms with Gasteiger partial charge in [-0.05, 0) is 12.8 Å². The minimum absolute atomic E-state index is 0.0345. The minimum Gasteiger partial charge on any atom is -0.352 e. The van der Waals surface area contributed by atoms with Gasteiger partial charge in [-0.2, -0.15) is 10.2 Å². The first-order valence-corrected chi connectivity index (χ1v) is 8.94. The number of hydrogen-bond donors (Lipinski definition) is 2. The van der Waals surface area contributed by atoms with Crippen LogP contribution >= 0.6 is 0 Å². The summed E-state index contributed by atoms with van der Waals surface area (Å²) in [5.74, 6) is -0.442. The fourth-order valence-electron chi connectivity index (χ4n) is 3.09. The van der Waals surface area contributed by atoms with Gasteiger partial charge in [0.2, 0.25) is 5.91 Å². The van der Waals surface area contributed by atoms with Crippen LogP contribution in [-0.4, -0.2) is 43.8 Å². The van der Waals surface area contributed by atoms with Crippen molar-refractivity contribution in [2.45, 2.75) is 57.7 Å². The summed E-state index contributed by atoms with van der Waals surface area (Å²) in [4.78, 5) is 24.3. The van der Waals surface area contributed by atoms with Gasteiger partial charge in [0.25, 0.3) is 12.3 Å². The van der Waals surface area contributed by atoms with Gasteiger partial charge < -0.3 is 10.6 Å². The first kappa shape index (κ1) is 19.0. The highest BCUT2D eigenvalue weighted by atomic mass is 19.3. The van der Waals surface area contributed by atoms with Gasteiger partial charge in [-0.3, -0.25) is 19.0 Å². The van der Waals surface area contributed by atoms with Crippen molar-refractivity contribution in [3.8, 4) is 0 Å². The molecule has 27 heavy (non-hydrogen) atoms. The molecule has 2 aromatic rings. The standard InChI is InChI=1S/C17H22F2N6O2/c18-14(19)10-24-7-6-15(23-24)22-17(27)12-8-20-25(9-12)11-16(26)21-13-4-2-1-3-5-13/h6-9,13-14H,1-5,10-11H2,(H,21,26)(H,22,23,27). The molecule has 1 aliphatic rings. The molecule has 2 heterocycles. The van der Waals surface area contributed by atoms with Crippen LogP contribution in [0.15, 0.2) is 24.7 Å². The molecule has 1 aliphatic carbocycles. The number of amides is 2. The molecule has 1 fully saturated rings. The fraction of sp³-hybridized carbons (Fsp3) is 0.529. The monoisotopic (exact) mass is 380 g/mol. The number of hydrogen-bond acceptors (Lipinski definition) is 4. The summed E-state index contributed by atoms with van der Waals surface area (Å²) in [5.41, 5.74) is 0.254. The number of carbonyl (C=O) groups is 2. The molecule has 0 unspecified atom stereocenters. The van der Waals surface area contributed by atoms with E-state index in [1.165, 1.54) is 35.8 Å². The largest absolute Gasteiger partial charge is 0.352 e. The molecule has 0 spiro atoms. The SMILES string of the molecule is O=C(Cn1cc(C(=O)Nc2ccn(CC(F)F)n2)cn1)NC1CCCCC1. The van der Waals surface area contributed by atoms with E-state index in [0.717, 1.165) is 30.4 Å². The van der Waals surface area contributed by atoms with Crippen molar-refractivity contribution in [2.75, 3.05) is 5.32 Å². The minimum atomic E-state index is -2.52. The van der Waals surface area contributed by atoms with E-state index in [1.807, 2.05) is 0 Å². The van der Waals surface area contributed by atoms with Gasteiger partial charge in [-0.25, -0.2) is 8.78 Å². The lowest BCUT2D eigenvalue weighted by atomic mass is 9.95. The number of halogens is 2. The first-order chi connectivity index (χ1) is 13.0. The molecular weight excluding hydrogens is 358 g/mol. The predicted molar refractivity (Wildman–Crippen MR) is 93.4 cm³/mol. The highest BCUT2D eigenvalue weighted by Gasteiger charge is 2.17.